The van der Waals surface area contributed by atoms with E-state index in [-0.39, 0.29) is 17.4 Å². The molecule has 0 saturated heterocycles. The van der Waals surface area contributed by atoms with Crippen LogP contribution < -0.4 is 10.6 Å². The van der Waals surface area contributed by atoms with Crippen LogP contribution in [0.25, 0.3) is 11.3 Å². The number of halogens is 1. The number of nitrogens with one attached hydrogen (secondary N) is 2. The maximum Gasteiger partial charge on any atom is 0.261 e. The van der Waals surface area contributed by atoms with E-state index >= 15 is 0 Å². The molecule has 0 fully saturated rings. The van der Waals surface area contributed by atoms with Gasteiger partial charge in [-0.15, -0.1) is 11.3 Å². The monoisotopic (exact) mass is 387 g/mol. The molecular weight excluding hydrogens is 369 g/mol. The van der Waals surface area contributed by atoms with Crippen LogP contribution in [0.5, 0.6) is 0 Å². The van der Waals surface area contributed by atoms with Gasteiger partial charge in [-0.3, -0.25) is 14.9 Å². The molecule has 2 aromatic heterocycles. The number of furan rings is 1. The van der Waals surface area contributed by atoms with Gasteiger partial charge in [-0.2, -0.15) is 0 Å². The molecule has 140 valence electrons. The topological polar surface area (TPSA) is 84.2 Å². The predicted octanol–water partition coefficient (Wildman–Crippen LogP) is 4.68. The zero-order valence-electron chi connectivity index (χ0n) is 15.3. The van der Waals surface area contributed by atoms with E-state index in [1.807, 2.05) is 6.92 Å². The smallest absolute Gasteiger partial charge is 0.261 e. The summed E-state index contributed by atoms with van der Waals surface area (Å²) in [6.07, 6.45) is 0. The second-order valence-corrected chi connectivity index (χ2v) is 6.94. The summed E-state index contributed by atoms with van der Waals surface area (Å²) in [5, 5.41) is 7.27. The normalized spacial score (nSPS) is 10.7. The number of hydrogen-bond acceptors (Lipinski definition) is 5. The van der Waals surface area contributed by atoms with Gasteiger partial charge < -0.3 is 9.73 Å². The highest BCUT2D eigenvalue weighted by Crippen LogP contribution is 2.29. The first-order valence-corrected chi connectivity index (χ1v) is 9.05. The minimum absolute atomic E-state index is 0.277. The fourth-order valence-electron chi connectivity index (χ4n) is 2.75. The van der Waals surface area contributed by atoms with E-state index < -0.39 is 5.82 Å². The minimum atomic E-state index is -0.512. The number of amides is 2. The number of aryl methyl sites for hydroxylation is 2. The minimum Gasteiger partial charge on any atom is -0.466 e. The largest absolute Gasteiger partial charge is 0.466 e. The Morgan fingerprint density at radius 3 is 2.48 bits per heavy atom. The van der Waals surface area contributed by atoms with E-state index in [1.54, 1.807) is 25.3 Å². The number of hydrogen-bond donors (Lipinski definition) is 2. The van der Waals surface area contributed by atoms with E-state index in [1.165, 1.54) is 30.4 Å². The summed E-state index contributed by atoms with van der Waals surface area (Å²) in [6, 6.07) is 4.36. The van der Waals surface area contributed by atoms with Gasteiger partial charge in [0.2, 0.25) is 5.91 Å². The molecule has 8 heteroatoms. The van der Waals surface area contributed by atoms with Crippen LogP contribution in [0.15, 0.2) is 28.0 Å². The van der Waals surface area contributed by atoms with Gasteiger partial charge in [0.05, 0.1) is 11.3 Å². The molecular formula is C19H18FN3O3S. The van der Waals surface area contributed by atoms with E-state index in [9.17, 15) is 14.0 Å². The van der Waals surface area contributed by atoms with Crippen LogP contribution in [0.1, 0.15) is 34.4 Å². The zero-order chi connectivity index (χ0) is 19.7. The van der Waals surface area contributed by atoms with Crippen LogP contribution in [-0.4, -0.2) is 16.8 Å². The third kappa shape index (κ3) is 3.90. The molecule has 0 radical (unpaired) electrons. The average Bonchev–Trinajstić information content (AvgIpc) is 3.11. The van der Waals surface area contributed by atoms with Gasteiger partial charge in [-0.1, -0.05) is 0 Å². The summed E-state index contributed by atoms with van der Waals surface area (Å²) in [5.41, 5.74) is 2.32. The maximum atomic E-state index is 14.3. The van der Waals surface area contributed by atoms with Gasteiger partial charge in [0, 0.05) is 29.1 Å². The SMILES string of the molecule is CC(=O)Nc1ccc(-c2csc(NC(=O)c3c(C)oc(C)c3C)n2)c(F)c1. The standard InChI is InChI=1S/C19H18FN3O3S/c1-9-10(2)26-11(3)17(9)18(25)23-19-22-16(8-27-19)14-6-5-13(7-15(14)20)21-12(4)24/h5-8H,1-4H3,(H,21,24)(H,22,23,25). The number of carbonyl (C=O) groups excluding carboxylic acids is 2. The lowest BCUT2D eigenvalue weighted by Gasteiger charge is -2.05. The van der Waals surface area contributed by atoms with Crippen molar-refractivity contribution in [3.05, 3.63) is 52.0 Å². The molecule has 0 unspecified atom stereocenters. The third-order valence-corrected chi connectivity index (χ3v) is 4.84. The van der Waals surface area contributed by atoms with Gasteiger partial charge in [0.25, 0.3) is 5.91 Å². The van der Waals surface area contributed by atoms with Gasteiger partial charge >= 0.3 is 0 Å². The van der Waals surface area contributed by atoms with Crippen molar-refractivity contribution < 1.29 is 18.4 Å². The number of benzene rings is 1. The highest BCUT2D eigenvalue weighted by Gasteiger charge is 2.20. The average molecular weight is 387 g/mol. The molecule has 2 N–H and O–H groups in total. The van der Waals surface area contributed by atoms with E-state index in [0.29, 0.717) is 33.6 Å². The predicted molar refractivity (Wildman–Crippen MR) is 103 cm³/mol. The molecule has 0 bridgehead atoms. The first-order chi connectivity index (χ1) is 12.8. The van der Waals surface area contributed by atoms with Crippen molar-refractivity contribution >= 4 is 34.0 Å². The van der Waals surface area contributed by atoms with Crippen molar-refractivity contribution in [1.82, 2.24) is 4.98 Å². The Labute approximate surface area is 159 Å². The summed E-state index contributed by atoms with van der Waals surface area (Å²) < 4.78 is 19.8. The fraction of sp³-hybridized carbons (Fsp3) is 0.211. The lowest BCUT2D eigenvalue weighted by Crippen LogP contribution is -2.13. The molecule has 2 amide bonds. The van der Waals surface area contributed by atoms with E-state index in [2.05, 4.69) is 15.6 Å². The zero-order valence-corrected chi connectivity index (χ0v) is 16.1. The molecule has 2 heterocycles. The van der Waals surface area contributed by atoms with Crippen LogP contribution in [0.4, 0.5) is 15.2 Å². The van der Waals surface area contributed by atoms with Gasteiger partial charge in [0.1, 0.15) is 17.3 Å². The summed E-state index contributed by atoms with van der Waals surface area (Å²) in [4.78, 5) is 27.9. The first-order valence-electron chi connectivity index (χ1n) is 8.17. The van der Waals surface area contributed by atoms with Gasteiger partial charge in [-0.25, -0.2) is 9.37 Å². The summed E-state index contributed by atoms with van der Waals surface area (Å²) in [6.45, 7) is 6.70. The molecule has 27 heavy (non-hydrogen) atoms. The lowest BCUT2D eigenvalue weighted by molar-refractivity contribution is -0.114. The van der Waals surface area contributed by atoms with Crippen LogP contribution in [0, 0.1) is 26.6 Å². The van der Waals surface area contributed by atoms with E-state index in [4.69, 9.17) is 4.42 Å². The number of rotatable bonds is 4. The Morgan fingerprint density at radius 2 is 1.89 bits per heavy atom. The van der Waals surface area contributed by atoms with Gasteiger partial charge in [-0.05, 0) is 39.0 Å². The van der Waals surface area contributed by atoms with Crippen LogP contribution in [-0.2, 0) is 4.79 Å². The van der Waals surface area contributed by atoms with Crippen molar-refractivity contribution in [3.63, 3.8) is 0 Å². The summed E-state index contributed by atoms with van der Waals surface area (Å²) >= 11 is 1.20. The Balaban J connectivity index is 1.81. The van der Waals surface area contributed by atoms with Crippen LogP contribution in [0.3, 0.4) is 0 Å². The molecule has 0 aliphatic heterocycles. The molecule has 1 aromatic carbocycles. The molecule has 0 atom stereocenters. The van der Waals surface area contributed by atoms with Crippen molar-refractivity contribution in [3.8, 4) is 11.3 Å². The molecule has 6 nitrogen and oxygen atoms in total. The molecule has 0 saturated carbocycles. The number of carbonyl (C=O) groups is 2. The van der Waals surface area contributed by atoms with Crippen molar-refractivity contribution in [2.75, 3.05) is 10.6 Å². The molecule has 0 spiro atoms. The summed E-state index contributed by atoms with van der Waals surface area (Å²) in [5.74, 6) is 0.129. The summed E-state index contributed by atoms with van der Waals surface area (Å²) in [7, 11) is 0. The third-order valence-electron chi connectivity index (χ3n) is 4.08. The second-order valence-electron chi connectivity index (χ2n) is 6.08. The Kier molecular flexibility index (Phi) is 5.09. The highest BCUT2D eigenvalue weighted by molar-refractivity contribution is 7.14. The maximum absolute atomic E-state index is 14.3. The Morgan fingerprint density at radius 1 is 1.15 bits per heavy atom. The molecule has 0 aliphatic rings. The lowest BCUT2D eigenvalue weighted by atomic mass is 10.1. The van der Waals surface area contributed by atoms with Crippen molar-refractivity contribution in [2.24, 2.45) is 0 Å². The van der Waals surface area contributed by atoms with Crippen molar-refractivity contribution in [2.45, 2.75) is 27.7 Å². The highest BCUT2D eigenvalue weighted by atomic mass is 32.1. The fourth-order valence-corrected chi connectivity index (χ4v) is 3.45. The molecule has 0 aliphatic carbocycles. The number of thiazole rings is 1. The van der Waals surface area contributed by atoms with Crippen LogP contribution in [0.2, 0.25) is 0 Å². The Hall–Kier alpha value is -3.00. The number of aromatic nitrogens is 1. The number of nitrogens with zero attached hydrogens (tertiary/aromatic N) is 1. The van der Waals surface area contributed by atoms with Crippen molar-refractivity contribution in [1.29, 1.82) is 0 Å². The second kappa shape index (κ2) is 7.32. The van der Waals surface area contributed by atoms with Gasteiger partial charge in [0.15, 0.2) is 5.13 Å². The van der Waals surface area contributed by atoms with Crippen LogP contribution >= 0.6 is 11.3 Å². The molecule has 3 rings (SSSR count). The Bertz CT molecular complexity index is 1040. The quantitative estimate of drug-likeness (QED) is 0.681. The van der Waals surface area contributed by atoms with E-state index in [0.717, 1.165) is 5.56 Å². The molecule has 3 aromatic rings. The number of anilines is 2. The first kappa shape index (κ1) is 18.8.